The molecule has 0 heterocycles. The fourth-order valence-electron chi connectivity index (χ4n) is 1.23. The summed E-state index contributed by atoms with van der Waals surface area (Å²) in [5.41, 5.74) is 2.08. The fourth-order valence-corrected chi connectivity index (χ4v) is 1.48. The largest absolute Gasteiger partial charge is 0.207 e. The molecule has 0 unspecified atom stereocenters. The molecule has 1 aromatic carbocycles. The van der Waals surface area contributed by atoms with Crippen LogP contribution in [0.4, 0.5) is 4.39 Å². The number of alkyl halides is 1. The number of benzene rings is 1. The Kier molecular flexibility index (Phi) is 3.54. The van der Waals surface area contributed by atoms with Crippen molar-refractivity contribution in [1.29, 1.82) is 0 Å². The van der Waals surface area contributed by atoms with E-state index in [9.17, 15) is 4.39 Å². The Balaban J connectivity index is 2.94. The van der Waals surface area contributed by atoms with Crippen molar-refractivity contribution in [1.82, 2.24) is 0 Å². The molecule has 0 aromatic heterocycles. The molecule has 0 saturated heterocycles. The first-order valence-electron chi connectivity index (χ1n) is 4.11. The van der Waals surface area contributed by atoms with Crippen molar-refractivity contribution < 1.29 is 4.39 Å². The molecule has 2 heteroatoms. The van der Waals surface area contributed by atoms with Crippen LogP contribution in [0, 0.1) is 5.82 Å². The van der Waals surface area contributed by atoms with Gasteiger partial charge in [-0.15, -0.1) is 11.6 Å². The first kappa shape index (κ1) is 9.53. The molecule has 0 amide bonds. The van der Waals surface area contributed by atoms with E-state index in [2.05, 4.69) is 6.92 Å². The summed E-state index contributed by atoms with van der Waals surface area (Å²) in [6.07, 6.45) is 2.04. The van der Waals surface area contributed by atoms with E-state index in [1.54, 1.807) is 0 Å². The lowest BCUT2D eigenvalue weighted by Gasteiger charge is -2.04. The van der Waals surface area contributed by atoms with Crippen LogP contribution in [0.15, 0.2) is 18.2 Å². The molecule has 0 radical (unpaired) electrons. The molecule has 1 aromatic rings. The molecule has 0 atom stereocenters. The smallest absolute Gasteiger partial charge is 0.123 e. The van der Waals surface area contributed by atoms with Crippen LogP contribution in [0.1, 0.15) is 24.5 Å². The SMILES string of the molecule is CCCc1ccc(F)cc1CCl. The van der Waals surface area contributed by atoms with Crippen LogP contribution in [-0.2, 0) is 12.3 Å². The molecular formula is C10H12ClF. The van der Waals surface area contributed by atoms with Gasteiger partial charge in [0.05, 0.1) is 0 Å². The second-order valence-electron chi connectivity index (χ2n) is 2.80. The maximum absolute atomic E-state index is 12.7. The number of halogens is 2. The predicted molar refractivity (Wildman–Crippen MR) is 50.0 cm³/mol. The second-order valence-corrected chi connectivity index (χ2v) is 3.06. The topological polar surface area (TPSA) is 0 Å². The monoisotopic (exact) mass is 186 g/mol. The Morgan fingerprint density at radius 2 is 2.08 bits per heavy atom. The summed E-state index contributed by atoms with van der Waals surface area (Å²) in [6.45, 7) is 2.10. The zero-order valence-corrected chi connectivity index (χ0v) is 7.87. The summed E-state index contributed by atoms with van der Waals surface area (Å²) in [6, 6.07) is 4.82. The maximum Gasteiger partial charge on any atom is 0.123 e. The van der Waals surface area contributed by atoms with E-state index in [0.717, 1.165) is 24.0 Å². The number of hydrogen-bond acceptors (Lipinski definition) is 0. The van der Waals surface area contributed by atoms with Crippen molar-refractivity contribution in [2.24, 2.45) is 0 Å². The third kappa shape index (κ3) is 2.21. The van der Waals surface area contributed by atoms with Crippen molar-refractivity contribution in [3.05, 3.63) is 35.1 Å². The van der Waals surface area contributed by atoms with Crippen molar-refractivity contribution in [2.75, 3.05) is 0 Å². The summed E-state index contributed by atoms with van der Waals surface area (Å²) in [5, 5.41) is 0. The summed E-state index contributed by atoms with van der Waals surface area (Å²) in [7, 11) is 0. The number of hydrogen-bond donors (Lipinski definition) is 0. The van der Waals surface area contributed by atoms with E-state index in [-0.39, 0.29) is 5.82 Å². The van der Waals surface area contributed by atoms with Crippen molar-refractivity contribution in [3.63, 3.8) is 0 Å². The highest BCUT2D eigenvalue weighted by molar-refractivity contribution is 6.17. The van der Waals surface area contributed by atoms with Crippen molar-refractivity contribution >= 4 is 11.6 Å². The molecular weight excluding hydrogens is 175 g/mol. The second kappa shape index (κ2) is 4.46. The lowest BCUT2D eigenvalue weighted by Crippen LogP contribution is -1.92. The molecule has 0 saturated carbocycles. The first-order valence-corrected chi connectivity index (χ1v) is 4.64. The van der Waals surface area contributed by atoms with Crippen molar-refractivity contribution in [3.8, 4) is 0 Å². The van der Waals surface area contributed by atoms with Gasteiger partial charge < -0.3 is 0 Å². The van der Waals surface area contributed by atoms with Gasteiger partial charge in [-0.1, -0.05) is 19.4 Å². The molecule has 0 spiro atoms. The summed E-state index contributed by atoms with van der Waals surface area (Å²) in [4.78, 5) is 0. The highest BCUT2D eigenvalue weighted by atomic mass is 35.5. The molecule has 1 rings (SSSR count). The van der Waals surface area contributed by atoms with Gasteiger partial charge in [0.25, 0.3) is 0 Å². The molecule has 0 aliphatic rings. The molecule has 0 aliphatic heterocycles. The lowest BCUT2D eigenvalue weighted by atomic mass is 10.0. The van der Waals surface area contributed by atoms with Crippen LogP contribution < -0.4 is 0 Å². The third-order valence-electron chi connectivity index (χ3n) is 1.83. The Hall–Kier alpha value is -0.560. The Morgan fingerprint density at radius 1 is 1.33 bits per heavy atom. The van der Waals surface area contributed by atoms with E-state index in [1.165, 1.54) is 12.1 Å². The van der Waals surface area contributed by atoms with Crippen LogP contribution in [-0.4, -0.2) is 0 Å². The van der Waals surface area contributed by atoms with Gasteiger partial charge in [-0.25, -0.2) is 4.39 Å². The van der Waals surface area contributed by atoms with Gasteiger partial charge in [-0.2, -0.15) is 0 Å². The molecule has 0 fully saturated rings. The zero-order valence-electron chi connectivity index (χ0n) is 7.11. The van der Waals surface area contributed by atoms with Crippen molar-refractivity contribution in [2.45, 2.75) is 25.6 Å². The Bertz CT molecular complexity index is 258. The van der Waals surface area contributed by atoms with Gasteiger partial charge in [0.15, 0.2) is 0 Å². The minimum absolute atomic E-state index is 0.203. The highest BCUT2D eigenvalue weighted by Crippen LogP contribution is 2.15. The van der Waals surface area contributed by atoms with Crippen LogP contribution in [0.2, 0.25) is 0 Å². The zero-order chi connectivity index (χ0) is 8.97. The molecule has 0 nitrogen and oxygen atoms in total. The molecule has 12 heavy (non-hydrogen) atoms. The molecule has 0 N–H and O–H groups in total. The van der Waals surface area contributed by atoms with Gasteiger partial charge >= 0.3 is 0 Å². The van der Waals surface area contributed by atoms with Crippen LogP contribution in [0.5, 0.6) is 0 Å². The normalized spacial score (nSPS) is 10.2. The summed E-state index contributed by atoms with van der Waals surface area (Å²) < 4.78 is 12.7. The maximum atomic E-state index is 12.7. The summed E-state index contributed by atoms with van der Waals surface area (Å²) >= 11 is 5.67. The average molecular weight is 187 g/mol. The van der Waals surface area contributed by atoms with Crippen LogP contribution in [0.25, 0.3) is 0 Å². The van der Waals surface area contributed by atoms with Gasteiger partial charge in [-0.05, 0) is 29.7 Å². The minimum Gasteiger partial charge on any atom is -0.207 e. The average Bonchev–Trinajstić information content (AvgIpc) is 2.08. The van der Waals surface area contributed by atoms with Crippen LogP contribution in [0.3, 0.4) is 0 Å². The van der Waals surface area contributed by atoms with E-state index in [4.69, 9.17) is 11.6 Å². The van der Waals surface area contributed by atoms with E-state index in [0.29, 0.717) is 5.88 Å². The molecule has 0 bridgehead atoms. The molecule has 66 valence electrons. The Labute approximate surface area is 77.4 Å². The van der Waals surface area contributed by atoms with E-state index in [1.807, 2.05) is 6.07 Å². The fraction of sp³-hybridized carbons (Fsp3) is 0.400. The lowest BCUT2D eigenvalue weighted by molar-refractivity contribution is 0.625. The van der Waals surface area contributed by atoms with E-state index >= 15 is 0 Å². The van der Waals surface area contributed by atoms with Gasteiger partial charge in [0.2, 0.25) is 0 Å². The summed E-state index contributed by atoms with van der Waals surface area (Å²) in [5.74, 6) is 0.193. The highest BCUT2D eigenvalue weighted by Gasteiger charge is 2.01. The minimum atomic E-state index is -0.203. The van der Waals surface area contributed by atoms with Crippen LogP contribution >= 0.6 is 11.6 Å². The third-order valence-corrected chi connectivity index (χ3v) is 2.12. The number of aryl methyl sites for hydroxylation is 1. The first-order chi connectivity index (χ1) is 5.77. The standard InChI is InChI=1S/C10H12ClF/c1-2-3-8-4-5-10(12)6-9(8)7-11/h4-6H,2-3,7H2,1H3. The van der Waals surface area contributed by atoms with E-state index < -0.39 is 0 Å². The predicted octanol–water partition coefficient (Wildman–Crippen LogP) is 3.52. The quantitative estimate of drug-likeness (QED) is 0.634. The van der Waals surface area contributed by atoms with Gasteiger partial charge in [0, 0.05) is 5.88 Å². The molecule has 0 aliphatic carbocycles. The van der Waals surface area contributed by atoms with Gasteiger partial charge in [0.1, 0.15) is 5.82 Å². The number of rotatable bonds is 3. The van der Waals surface area contributed by atoms with Gasteiger partial charge in [-0.3, -0.25) is 0 Å². The Morgan fingerprint density at radius 3 is 2.67 bits per heavy atom.